The molecule has 4 rings (SSSR count). The van der Waals surface area contributed by atoms with E-state index in [-0.39, 0.29) is 18.0 Å². The van der Waals surface area contributed by atoms with Crippen molar-refractivity contribution >= 4 is 17.6 Å². The van der Waals surface area contributed by atoms with Gasteiger partial charge in [0.15, 0.2) is 0 Å². The number of para-hydroxylation sites is 2. The predicted octanol–water partition coefficient (Wildman–Crippen LogP) is 3.75. The van der Waals surface area contributed by atoms with Crippen molar-refractivity contribution in [2.75, 3.05) is 18.4 Å². The predicted molar refractivity (Wildman–Crippen MR) is 116 cm³/mol. The van der Waals surface area contributed by atoms with Crippen molar-refractivity contribution in [1.82, 2.24) is 20.0 Å². The van der Waals surface area contributed by atoms with Crippen LogP contribution in [-0.4, -0.2) is 45.8 Å². The van der Waals surface area contributed by atoms with Crippen molar-refractivity contribution in [3.63, 3.8) is 0 Å². The number of carbonyl (C=O) groups excluding carboxylic acids is 2. The molecular weight excluding hydrogens is 397 g/mol. The molecule has 0 spiro atoms. The molecule has 160 valence electrons. The number of likely N-dealkylation sites (tertiary alicyclic amines) is 1. The summed E-state index contributed by atoms with van der Waals surface area (Å²) in [6.45, 7) is 2.81. The summed E-state index contributed by atoms with van der Waals surface area (Å²) in [5.74, 6) is -0.527. The molecule has 1 aromatic heterocycles. The summed E-state index contributed by atoms with van der Waals surface area (Å²) in [4.78, 5) is 26.9. The number of nitrogens with one attached hydrogen (secondary N) is 2. The summed E-state index contributed by atoms with van der Waals surface area (Å²) < 4.78 is 15.6. The standard InChI is InChI=1S/C23H24FN5O2/c1-16-19(15-25-29(16)21-10-6-5-9-20(21)24)22(30)28-13-11-18(12-14-28)27-23(31)26-17-7-3-2-4-8-17/h2-10,15,18H,11-14H2,1H3,(H2,26,27,31). The molecule has 2 heterocycles. The van der Waals surface area contributed by atoms with Gasteiger partial charge in [-0.2, -0.15) is 5.10 Å². The number of hydrogen-bond acceptors (Lipinski definition) is 3. The molecule has 0 unspecified atom stereocenters. The maximum atomic E-state index is 14.1. The first-order valence-electron chi connectivity index (χ1n) is 10.2. The molecule has 2 N–H and O–H groups in total. The highest BCUT2D eigenvalue weighted by Gasteiger charge is 2.27. The summed E-state index contributed by atoms with van der Waals surface area (Å²) in [7, 11) is 0. The minimum atomic E-state index is -0.395. The Labute approximate surface area is 179 Å². The molecule has 1 saturated heterocycles. The van der Waals surface area contributed by atoms with Gasteiger partial charge in [0.25, 0.3) is 5.91 Å². The van der Waals surface area contributed by atoms with Crippen LogP contribution in [0.4, 0.5) is 14.9 Å². The molecule has 8 heteroatoms. The maximum Gasteiger partial charge on any atom is 0.319 e. The fourth-order valence-corrected chi connectivity index (χ4v) is 3.76. The topological polar surface area (TPSA) is 79.3 Å². The van der Waals surface area contributed by atoms with Crippen LogP contribution in [0.25, 0.3) is 5.69 Å². The van der Waals surface area contributed by atoms with E-state index in [1.807, 2.05) is 30.3 Å². The first kappa shape index (κ1) is 20.6. The average molecular weight is 421 g/mol. The first-order valence-corrected chi connectivity index (χ1v) is 10.2. The van der Waals surface area contributed by atoms with Crippen molar-refractivity contribution in [1.29, 1.82) is 0 Å². The van der Waals surface area contributed by atoms with Gasteiger partial charge in [0.1, 0.15) is 11.5 Å². The summed E-state index contributed by atoms with van der Waals surface area (Å²) in [6, 6.07) is 15.3. The lowest BCUT2D eigenvalue weighted by molar-refractivity contribution is 0.0708. The van der Waals surface area contributed by atoms with E-state index >= 15 is 0 Å². The summed E-state index contributed by atoms with van der Waals surface area (Å²) >= 11 is 0. The zero-order chi connectivity index (χ0) is 21.8. The van der Waals surface area contributed by atoms with Gasteiger partial charge in [-0.05, 0) is 44.0 Å². The number of rotatable bonds is 4. The minimum absolute atomic E-state index is 0.00463. The molecule has 3 amide bonds. The maximum absolute atomic E-state index is 14.1. The third-order valence-corrected chi connectivity index (χ3v) is 5.47. The van der Waals surface area contributed by atoms with E-state index in [1.54, 1.807) is 30.0 Å². The van der Waals surface area contributed by atoms with Crippen molar-refractivity contribution in [3.05, 3.63) is 77.9 Å². The molecule has 1 aliphatic heterocycles. The second-order valence-electron chi connectivity index (χ2n) is 7.54. The first-order chi connectivity index (χ1) is 15.0. The molecule has 7 nitrogen and oxygen atoms in total. The number of hydrogen-bond donors (Lipinski definition) is 2. The molecule has 0 saturated carbocycles. The minimum Gasteiger partial charge on any atom is -0.338 e. The lowest BCUT2D eigenvalue weighted by Crippen LogP contribution is -2.47. The Hall–Kier alpha value is -3.68. The van der Waals surface area contributed by atoms with Gasteiger partial charge >= 0.3 is 6.03 Å². The third-order valence-electron chi connectivity index (χ3n) is 5.47. The summed E-state index contributed by atoms with van der Waals surface area (Å²) in [6.07, 6.45) is 2.81. The van der Waals surface area contributed by atoms with Crippen molar-refractivity contribution in [3.8, 4) is 5.69 Å². The lowest BCUT2D eigenvalue weighted by Gasteiger charge is -2.32. The summed E-state index contributed by atoms with van der Waals surface area (Å²) in [5, 5.41) is 9.99. The molecule has 0 aliphatic carbocycles. The quantitative estimate of drug-likeness (QED) is 0.674. The Morgan fingerprint density at radius 3 is 2.42 bits per heavy atom. The zero-order valence-corrected chi connectivity index (χ0v) is 17.2. The number of amides is 3. The highest BCUT2D eigenvalue weighted by Crippen LogP contribution is 2.20. The fraction of sp³-hybridized carbons (Fsp3) is 0.261. The van der Waals surface area contributed by atoms with Crippen molar-refractivity contribution in [2.24, 2.45) is 0 Å². The van der Waals surface area contributed by atoms with E-state index in [1.165, 1.54) is 16.9 Å². The van der Waals surface area contributed by atoms with Crippen LogP contribution in [0.3, 0.4) is 0 Å². The molecule has 31 heavy (non-hydrogen) atoms. The van der Waals surface area contributed by atoms with Gasteiger partial charge in [-0.1, -0.05) is 30.3 Å². The number of aromatic nitrogens is 2. The van der Waals surface area contributed by atoms with Gasteiger partial charge < -0.3 is 15.5 Å². The van der Waals surface area contributed by atoms with E-state index in [4.69, 9.17) is 0 Å². The molecule has 1 fully saturated rings. The van der Waals surface area contributed by atoms with E-state index in [0.717, 1.165) is 5.69 Å². The van der Waals surface area contributed by atoms with Gasteiger partial charge in [0.05, 0.1) is 17.5 Å². The largest absolute Gasteiger partial charge is 0.338 e. The number of benzene rings is 2. The second kappa shape index (κ2) is 8.99. The lowest BCUT2D eigenvalue weighted by atomic mass is 10.0. The van der Waals surface area contributed by atoms with Gasteiger partial charge in [0, 0.05) is 24.8 Å². The van der Waals surface area contributed by atoms with Gasteiger partial charge in [-0.15, -0.1) is 0 Å². The smallest absolute Gasteiger partial charge is 0.319 e. The molecule has 2 aromatic carbocycles. The Morgan fingerprint density at radius 1 is 1.03 bits per heavy atom. The van der Waals surface area contributed by atoms with Crippen LogP contribution in [0.1, 0.15) is 28.9 Å². The van der Waals surface area contributed by atoms with E-state index in [9.17, 15) is 14.0 Å². The van der Waals surface area contributed by atoms with Crippen LogP contribution in [0, 0.1) is 12.7 Å². The molecular formula is C23H24FN5O2. The highest BCUT2D eigenvalue weighted by atomic mass is 19.1. The Morgan fingerprint density at radius 2 is 1.71 bits per heavy atom. The van der Waals surface area contributed by atoms with Crippen LogP contribution in [-0.2, 0) is 0 Å². The Bertz CT molecular complexity index is 1070. The second-order valence-corrected chi connectivity index (χ2v) is 7.54. The number of carbonyl (C=O) groups is 2. The van der Waals surface area contributed by atoms with Crippen LogP contribution in [0.5, 0.6) is 0 Å². The van der Waals surface area contributed by atoms with Crippen LogP contribution in [0.15, 0.2) is 60.8 Å². The monoisotopic (exact) mass is 421 g/mol. The Kier molecular flexibility index (Phi) is 5.97. The number of piperidine rings is 1. The number of nitrogens with zero attached hydrogens (tertiary/aromatic N) is 3. The van der Waals surface area contributed by atoms with Crippen molar-refractivity contribution in [2.45, 2.75) is 25.8 Å². The van der Waals surface area contributed by atoms with E-state index in [0.29, 0.717) is 42.9 Å². The van der Waals surface area contributed by atoms with Gasteiger partial charge in [-0.3, -0.25) is 4.79 Å². The fourth-order valence-electron chi connectivity index (χ4n) is 3.76. The summed E-state index contributed by atoms with van der Waals surface area (Å²) in [5.41, 5.74) is 2.09. The number of urea groups is 1. The van der Waals surface area contributed by atoms with Crippen LogP contribution >= 0.6 is 0 Å². The van der Waals surface area contributed by atoms with Crippen LogP contribution < -0.4 is 10.6 Å². The molecule has 0 bridgehead atoms. The molecule has 0 radical (unpaired) electrons. The Balaban J connectivity index is 1.35. The van der Waals surface area contributed by atoms with E-state index in [2.05, 4.69) is 15.7 Å². The van der Waals surface area contributed by atoms with Crippen molar-refractivity contribution < 1.29 is 14.0 Å². The molecule has 3 aromatic rings. The van der Waals surface area contributed by atoms with Gasteiger partial charge in [0.2, 0.25) is 0 Å². The average Bonchev–Trinajstić information content (AvgIpc) is 3.16. The molecule has 0 atom stereocenters. The third kappa shape index (κ3) is 4.58. The van der Waals surface area contributed by atoms with Crippen LogP contribution in [0.2, 0.25) is 0 Å². The number of halogens is 1. The SMILES string of the molecule is Cc1c(C(=O)N2CCC(NC(=O)Nc3ccccc3)CC2)cnn1-c1ccccc1F. The highest BCUT2D eigenvalue weighted by molar-refractivity contribution is 5.95. The number of anilines is 1. The van der Waals surface area contributed by atoms with Gasteiger partial charge in [-0.25, -0.2) is 13.9 Å². The normalized spacial score (nSPS) is 14.3. The zero-order valence-electron chi connectivity index (χ0n) is 17.2. The molecule has 1 aliphatic rings. The van der Waals surface area contributed by atoms with E-state index < -0.39 is 5.82 Å².